The molecular weight excluding hydrogens is 210 g/mol. The second kappa shape index (κ2) is 9.88. The molecule has 0 aromatic carbocycles. The Labute approximate surface area is 105 Å². The van der Waals surface area contributed by atoms with Crippen LogP contribution in [-0.2, 0) is 0 Å². The van der Waals surface area contributed by atoms with Gasteiger partial charge in [0, 0.05) is 12.3 Å². The normalized spacial score (nSPS) is 10.9. The zero-order chi connectivity index (χ0) is 12.2. The van der Waals surface area contributed by atoms with Crippen molar-refractivity contribution >= 4 is 0 Å². The molecule has 0 N–H and O–H groups in total. The van der Waals surface area contributed by atoms with Crippen LogP contribution in [0.3, 0.4) is 0 Å². The summed E-state index contributed by atoms with van der Waals surface area (Å²) in [7, 11) is 0. The van der Waals surface area contributed by atoms with Crippen molar-refractivity contribution in [2.24, 2.45) is 0 Å². The van der Waals surface area contributed by atoms with Crippen molar-refractivity contribution in [1.29, 1.82) is 0 Å². The average molecular weight is 233 g/mol. The Morgan fingerprint density at radius 1 is 1.12 bits per heavy atom. The lowest BCUT2D eigenvalue weighted by Gasteiger charge is -1.98. The van der Waals surface area contributed by atoms with Crippen molar-refractivity contribution in [3.8, 4) is 5.88 Å². The largest absolute Gasteiger partial charge is 0.447 e. The molecule has 17 heavy (non-hydrogen) atoms. The Morgan fingerprint density at radius 2 is 1.94 bits per heavy atom. The molecule has 1 rings (SSSR count). The summed E-state index contributed by atoms with van der Waals surface area (Å²) in [5, 5.41) is 0. The molecule has 0 saturated heterocycles. The first-order chi connectivity index (χ1) is 8.43. The van der Waals surface area contributed by atoms with E-state index in [1.54, 1.807) is 12.5 Å². The molecule has 1 aromatic heterocycles. The summed E-state index contributed by atoms with van der Waals surface area (Å²) >= 11 is 0. The number of nitrogens with zero attached hydrogens (tertiary/aromatic N) is 1. The quantitative estimate of drug-likeness (QED) is 0.454. The summed E-state index contributed by atoms with van der Waals surface area (Å²) < 4.78 is 5.36. The summed E-state index contributed by atoms with van der Waals surface area (Å²) in [6.45, 7) is 2.25. The molecule has 2 heteroatoms. The minimum Gasteiger partial charge on any atom is -0.447 e. The lowest BCUT2D eigenvalue weighted by atomic mass is 10.1. The van der Waals surface area contributed by atoms with Gasteiger partial charge in [0.15, 0.2) is 0 Å². The van der Waals surface area contributed by atoms with Crippen molar-refractivity contribution in [2.45, 2.75) is 51.9 Å². The third kappa shape index (κ3) is 7.56. The van der Waals surface area contributed by atoms with Crippen LogP contribution in [0.15, 0.2) is 36.7 Å². The topological polar surface area (TPSA) is 22.1 Å². The standard InChI is InChI=1S/C15H23NO/c1-2-3-4-5-6-7-8-11-14-17-15-12-9-10-13-16-15/h9-14H,2-8H2,1H3/b14-11+. The fourth-order valence-electron chi connectivity index (χ4n) is 1.65. The van der Waals surface area contributed by atoms with Gasteiger partial charge >= 0.3 is 0 Å². The van der Waals surface area contributed by atoms with Crippen molar-refractivity contribution in [1.82, 2.24) is 4.98 Å². The van der Waals surface area contributed by atoms with Crippen molar-refractivity contribution in [2.75, 3.05) is 0 Å². The average Bonchev–Trinajstić information content (AvgIpc) is 2.38. The maximum absolute atomic E-state index is 5.36. The maximum Gasteiger partial charge on any atom is 0.218 e. The van der Waals surface area contributed by atoms with Crippen LogP contribution in [-0.4, -0.2) is 4.98 Å². The summed E-state index contributed by atoms with van der Waals surface area (Å²) in [5.41, 5.74) is 0. The Bertz CT molecular complexity index is 295. The molecule has 1 aromatic rings. The smallest absolute Gasteiger partial charge is 0.218 e. The highest BCUT2D eigenvalue weighted by Gasteiger charge is 1.89. The third-order valence-electron chi connectivity index (χ3n) is 2.65. The first-order valence-corrected chi connectivity index (χ1v) is 6.66. The van der Waals surface area contributed by atoms with Crippen LogP contribution >= 0.6 is 0 Å². The molecule has 0 amide bonds. The molecule has 2 nitrogen and oxygen atoms in total. The zero-order valence-corrected chi connectivity index (χ0v) is 10.8. The second-order valence-electron chi connectivity index (χ2n) is 4.21. The first-order valence-electron chi connectivity index (χ1n) is 6.66. The molecule has 0 atom stereocenters. The molecule has 0 bridgehead atoms. The molecule has 94 valence electrons. The minimum absolute atomic E-state index is 0.659. The lowest BCUT2D eigenvalue weighted by Crippen LogP contribution is -1.84. The fourth-order valence-corrected chi connectivity index (χ4v) is 1.65. The molecule has 0 radical (unpaired) electrons. The number of rotatable bonds is 9. The maximum atomic E-state index is 5.36. The predicted molar refractivity (Wildman–Crippen MR) is 72.0 cm³/mol. The summed E-state index contributed by atoms with van der Waals surface area (Å²) in [6, 6.07) is 5.66. The second-order valence-corrected chi connectivity index (χ2v) is 4.21. The monoisotopic (exact) mass is 233 g/mol. The van der Waals surface area contributed by atoms with E-state index in [2.05, 4.69) is 18.0 Å². The van der Waals surface area contributed by atoms with Crippen LogP contribution in [0.25, 0.3) is 0 Å². The molecule has 0 unspecified atom stereocenters. The van der Waals surface area contributed by atoms with Gasteiger partial charge in [-0.25, -0.2) is 4.98 Å². The van der Waals surface area contributed by atoms with Crippen LogP contribution < -0.4 is 4.74 Å². The first kappa shape index (κ1) is 13.8. The number of allylic oxidation sites excluding steroid dienone is 1. The molecule has 0 spiro atoms. The van der Waals surface area contributed by atoms with Crippen LogP contribution in [0, 0.1) is 0 Å². The summed E-state index contributed by atoms with van der Waals surface area (Å²) in [4.78, 5) is 4.07. The Kier molecular flexibility index (Phi) is 8.00. The number of hydrogen-bond acceptors (Lipinski definition) is 2. The van der Waals surface area contributed by atoms with Gasteiger partial charge in [0.05, 0.1) is 6.26 Å². The number of unbranched alkanes of at least 4 members (excludes halogenated alkanes) is 6. The van der Waals surface area contributed by atoms with E-state index in [4.69, 9.17) is 4.74 Å². The highest BCUT2D eigenvalue weighted by Crippen LogP contribution is 2.08. The molecule has 1 heterocycles. The van der Waals surface area contributed by atoms with Crippen LogP contribution in [0.4, 0.5) is 0 Å². The number of ether oxygens (including phenoxy) is 1. The predicted octanol–water partition coefficient (Wildman–Crippen LogP) is 4.72. The number of pyridine rings is 1. The molecule has 0 fully saturated rings. The highest BCUT2D eigenvalue weighted by atomic mass is 16.5. The number of hydrogen-bond donors (Lipinski definition) is 0. The van der Waals surface area contributed by atoms with Gasteiger partial charge in [-0.3, -0.25) is 0 Å². The van der Waals surface area contributed by atoms with Gasteiger partial charge in [-0.05, 0) is 25.0 Å². The molecule has 0 aliphatic rings. The molecule has 0 aliphatic carbocycles. The van der Waals surface area contributed by atoms with Gasteiger partial charge in [-0.2, -0.15) is 0 Å². The lowest BCUT2D eigenvalue weighted by molar-refractivity contribution is 0.458. The Morgan fingerprint density at radius 3 is 2.71 bits per heavy atom. The van der Waals surface area contributed by atoms with Crippen molar-refractivity contribution in [3.63, 3.8) is 0 Å². The summed E-state index contributed by atoms with van der Waals surface area (Å²) in [5.74, 6) is 0.659. The van der Waals surface area contributed by atoms with Crippen LogP contribution in [0.2, 0.25) is 0 Å². The SMILES string of the molecule is CCCCCCCC/C=C/Oc1ccccn1. The minimum atomic E-state index is 0.659. The highest BCUT2D eigenvalue weighted by molar-refractivity contribution is 5.10. The third-order valence-corrected chi connectivity index (χ3v) is 2.65. The van der Waals surface area contributed by atoms with Gasteiger partial charge < -0.3 is 4.74 Å². The van der Waals surface area contributed by atoms with Gasteiger partial charge in [0.2, 0.25) is 5.88 Å². The summed E-state index contributed by atoms with van der Waals surface area (Å²) in [6.07, 6.45) is 14.7. The van der Waals surface area contributed by atoms with E-state index >= 15 is 0 Å². The van der Waals surface area contributed by atoms with Crippen molar-refractivity contribution < 1.29 is 4.74 Å². The molecular formula is C15H23NO. The van der Waals surface area contributed by atoms with E-state index in [-0.39, 0.29) is 0 Å². The van der Waals surface area contributed by atoms with Gasteiger partial charge in [0.1, 0.15) is 0 Å². The van der Waals surface area contributed by atoms with E-state index in [9.17, 15) is 0 Å². The van der Waals surface area contributed by atoms with E-state index in [1.807, 2.05) is 18.2 Å². The Balaban J connectivity index is 1.96. The van der Waals surface area contributed by atoms with Gasteiger partial charge in [-0.1, -0.05) is 45.1 Å². The Hall–Kier alpha value is -1.31. The molecule has 0 saturated carbocycles. The van der Waals surface area contributed by atoms with E-state index in [0.717, 1.165) is 6.42 Å². The van der Waals surface area contributed by atoms with Gasteiger partial charge in [-0.15, -0.1) is 0 Å². The van der Waals surface area contributed by atoms with Crippen molar-refractivity contribution in [3.05, 3.63) is 36.7 Å². The fraction of sp³-hybridized carbons (Fsp3) is 0.533. The van der Waals surface area contributed by atoms with Crippen LogP contribution in [0.5, 0.6) is 5.88 Å². The van der Waals surface area contributed by atoms with E-state index in [0.29, 0.717) is 5.88 Å². The van der Waals surface area contributed by atoms with Gasteiger partial charge in [0.25, 0.3) is 0 Å². The number of aromatic nitrogens is 1. The van der Waals surface area contributed by atoms with E-state index < -0.39 is 0 Å². The van der Waals surface area contributed by atoms with Crippen LogP contribution in [0.1, 0.15) is 51.9 Å². The molecule has 0 aliphatic heterocycles. The zero-order valence-electron chi connectivity index (χ0n) is 10.8. The van der Waals surface area contributed by atoms with E-state index in [1.165, 1.54) is 38.5 Å².